The van der Waals surface area contributed by atoms with Crippen molar-refractivity contribution >= 4 is 17.7 Å². The van der Waals surface area contributed by atoms with E-state index in [4.69, 9.17) is 4.74 Å². The summed E-state index contributed by atoms with van der Waals surface area (Å²) in [5.41, 5.74) is 5.19. The molecular formula is C23H22N4O. The van der Waals surface area contributed by atoms with Crippen LogP contribution in [0.25, 0.3) is 17.3 Å². The molecule has 0 saturated heterocycles. The molecule has 0 unspecified atom stereocenters. The smallest absolute Gasteiger partial charge is 0.227 e. The molecule has 0 saturated carbocycles. The summed E-state index contributed by atoms with van der Waals surface area (Å²) in [6.45, 7) is 3.37. The van der Waals surface area contributed by atoms with Crippen LogP contribution in [-0.4, -0.2) is 23.1 Å². The third-order valence-corrected chi connectivity index (χ3v) is 4.44. The second-order valence-electron chi connectivity index (χ2n) is 6.51. The molecule has 3 aromatic rings. The van der Waals surface area contributed by atoms with Crippen LogP contribution < -0.4 is 15.4 Å². The summed E-state index contributed by atoms with van der Waals surface area (Å²) in [4.78, 5) is 9.02. The fourth-order valence-electron chi connectivity index (χ4n) is 2.97. The summed E-state index contributed by atoms with van der Waals surface area (Å²) in [6.07, 6.45) is 9.87. The van der Waals surface area contributed by atoms with Gasteiger partial charge in [0.05, 0.1) is 5.69 Å². The molecule has 5 rings (SSSR count). The van der Waals surface area contributed by atoms with Gasteiger partial charge in [-0.05, 0) is 60.7 Å². The van der Waals surface area contributed by atoms with Crippen molar-refractivity contribution in [3.05, 3.63) is 84.2 Å². The molecular weight excluding hydrogens is 348 g/mol. The van der Waals surface area contributed by atoms with Crippen LogP contribution in [0, 0.1) is 6.92 Å². The van der Waals surface area contributed by atoms with Gasteiger partial charge in [0.1, 0.15) is 12.4 Å². The Morgan fingerprint density at radius 3 is 2.93 bits per heavy atom. The highest BCUT2D eigenvalue weighted by Crippen LogP contribution is 2.24. The number of nitrogens with zero attached hydrogens (tertiary/aromatic N) is 2. The standard InChI is InChI=1S/C23H22N4O/c1-17-15-19-8-7-18(17)9-12-24-11-2-3-14-28-21-6-4-5-20(16-21)26-23-25-13-10-22(19)27-23/h2-10,12-13,15-16,24H,11,14H2,1H3,(H,25,26,27)/b3-2-,12-9-. The molecule has 0 amide bonds. The highest BCUT2D eigenvalue weighted by Gasteiger charge is 2.06. The van der Waals surface area contributed by atoms with Crippen LogP contribution in [0.15, 0.2) is 73.1 Å². The van der Waals surface area contributed by atoms with Gasteiger partial charge in [-0.3, -0.25) is 0 Å². The minimum Gasteiger partial charge on any atom is -0.489 e. The van der Waals surface area contributed by atoms with Crippen LogP contribution in [-0.2, 0) is 0 Å². The zero-order valence-corrected chi connectivity index (χ0v) is 15.7. The molecule has 1 aromatic heterocycles. The molecule has 3 heterocycles. The van der Waals surface area contributed by atoms with Crippen LogP contribution in [0.2, 0.25) is 0 Å². The highest BCUT2D eigenvalue weighted by molar-refractivity contribution is 5.66. The molecule has 140 valence electrons. The lowest BCUT2D eigenvalue weighted by molar-refractivity contribution is 0.363. The summed E-state index contributed by atoms with van der Waals surface area (Å²) in [7, 11) is 0. The lowest BCUT2D eigenvalue weighted by atomic mass is 10.0. The molecule has 2 aliphatic rings. The van der Waals surface area contributed by atoms with E-state index in [1.165, 1.54) is 11.1 Å². The molecule has 2 N–H and O–H groups in total. The number of ether oxygens (including phenoxy) is 1. The van der Waals surface area contributed by atoms with Crippen molar-refractivity contribution in [1.82, 2.24) is 15.3 Å². The summed E-state index contributed by atoms with van der Waals surface area (Å²) < 4.78 is 5.79. The first-order valence-corrected chi connectivity index (χ1v) is 9.27. The lowest BCUT2D eigenvalue weighted by Crippen LogP contribution is -2.04. The summed E-state index contributed by atoms with van der Waals surface area (Å²) in [6, 6.07) is 16.1. The number of rotatable bonds is 0. The average molecular weight is 370 g/mol. The monoisotopic (exact) mass is 370 g/mol. The lowest BCUT2D eigenvalue weighted by Gasteiger charge is -2.09. The van der Waals surface area contributed by atoms with Crippen molar-refractivity contribution in [2.45, 2.75) is 6.92 Å². The highest BCUT2D eigenvalue weighted by atomic mass is 16.5. The van der Waals surface area contributed by atoms with Crippen LogP contribution in [0.5, 0.6) is 5.75 Å². The van der Waals surface area contributed by atoms with E-state index in [9.17, 15) is 0 Å². The van der Waals surface area contributed by atoms with E-state index in [2.05, 4.69) is 57.9 Å². The molecule has 2 aliphatic heterocycles. The Kier molecular flexibility index (Phi) is 5.33. The maximum Gasteiger partial charge on any atom is 0.227 e. The van der Waals surface area contributed by atoms with E-state index in [1.54, 1.807) is 6.20 Å². The number of anilines is 2. The summed E-state index contributed by atoms with van der Waals surface area (Å²) >= 11 is 0. The fourth-order valence-corrected chi connectivity index (χ4v) is 2.97. The van der Waals surface area contributed by atoms with E-state index in [1.807, 2.05) is 42.6 Å². The molecule has 6 bridgehead atoms. The molecule has 2 aromatic carbocycles. The average Bonchev–Trinajstić information content (AvgIpc) is 2.71. The van der Waals surface area contributed by atoms with Gasteiger partial charge >= 0.3 is 0 Å². The number of nitrogens with one attached hydrogen (secondary N) is 2. The Morgan fingerprint density at radius 1 is 1.04 bits per heavy atom. The van der Waals surface area contributed by atoms with Gasteiger partial charge in [0.2, 0.25) is 5.95 Å². The minimum atomic E-state index is 0.515. The van der Waals surface area contributed by atoms with Crippen molar-refractivity contribution < 1.29 is 4.74 Å². The number of aromatic nitrogens is 2. The van der Waals surface area contributed by atoms with Crippen LogP contribution in [0.1, 0.15) is 11.1 Å². The van der Waals surface area contributed by atoms with E-state index in [-0.39, 0.29) is 0 Å². The van der Waals surface area contributed by atoms with E-state index in [0.29, 0.717) is 12.6 Å². The Balaban J connectivity index is 1.70. The maximum absolute atomic E-state index is 5.79. The van der Waals surface area contributed by atoms with Gasteiger partial charge in [0.25, 0.3) is 0 Å². The van der Waals surface area contributed by atoms with Gasteiger partial charge in [-0.1, -0.05) is 24.3 Å². The Morgan fingerprint density at radius 2 is 2.00 bits per heavy atom. The number of fused-ring (bicyclic) bond motifs is 7. The molecule has 5 heteroatoms. The molecule has 5 nitrogen and oxygen atoms in total. The van der Waals surface area contributed by atoms with Crippen LogP contribution in [0.4, 0.5) is 11.6 Å². The first kappa shape index (κ1) is 17.8. The number of benzene rings is 2. The third-order valence-electron chi connectivity index (χ3n) is 4.44. The zero-order chi connectivity index (χ0) is 19.2. The van der Waals surface area contributed by atoms with Crippen molar-refractivity contribution in [3.63, 3.8) is 0 Å². The molecule has 0 radical (unpaired) electrons. The van der Waals surface area contributed by atoms with Crippen LogP contribution in [0.3, 0.4) is 0 Å². The van der Waals surface area contributed by atoms with Gasteiger partial charge in [-0.2, -0.15) is 0 Å². The predicted molar refractivity (Wildman–Crippen MR) is 114 cm³/mol. The van der Waals surface area contributed by atoms with Crippen LogP contribution >= 0.6 is 0 Å². The number of hydrogen-bond donors (Lipinski definition) is 2. The topological polar surface area (TPSA) is 59.1 Å². The van der Waals surface area contributed by atoms with Gasteiger partial charge in [0.15, 0.2) is 0 Å². The van der Waals surface area contributed by atoms with Crippen molar-refractivity contribution in [2.24, 2.45) is 0 Å². The third kappa shape index (κ3) is 4.38. The second kappa shape index (κ2) is 8.39. The van der Waals surface area contributed by atoms with Crippen molar-refractivity contribution in [3.8, 4) is 17.0 Å². The van der Waals surface area contributed by atoms with Gasteiger partial charge in [-0.15, -0.1) is 0 Å². The van der Waals surface area contributed by atoms with E-state index < -0.39 is 0 Å². The number of aryl methyl sites for hydroxylation is 1. The first-order valence-electron chi connectivity index (χ1n) is 9.27. The minimum absolute atomic E-state index is 0.515. The molecule has 0 atom stereocenters. The molecule has 28 heavy (non-hydrogen) atoms. The summed E-state index contributed by atoms with van der Waals surface area (Å²) in [5.74, 6) is 1.35. The Labute approximate surface area is 164 Å². The van der Waals surface area contributed by atoms with Gasteiger partial charge < -0.3 is 15.4 Å². The SMILES string of the molecule is Cc1cc2ccc1/C=C\NC/C=C\COc1cccc(c1)Nc1nccc-2n1. The zero-order valence-electron chi connectivity index (χ0n) is 15.7. The normalized spacial score (nSPS) is 15.8. The maximum atomic E-state index is 5.79. The number of hydrogen-bond acceptors (Lipinski definition) is 5. The van der Waals surface area contributed by atoms with E-state index >= 15 is 0 Å². The molecule has 0 spiro atoms. The quantitative estimate of drug-likeness (QED) is 0.562. The van der Waals surface area contributed by atoms with Gasteiger partial charge in [-0.25, -0.2) is 9.97 Å². The predicted octanol–water partition coefficient (Wildman–Crippen LogP) is 4.70. The fraction of sp³-hybridized carbons (Fsp3) is 0.130. The summed E-state index contributed by atoms with van der Waals surface area (Å²) in [5, 5.41) is 6.53. The molecule has 0 aliphatic carbocycles. The van der Waals surface area contributed by atoms with Crippen molar-refractivity contribution in [2.75, 3.05) is 18.5 Å². The van der Waals surface area contributed by atoms with Crippen molar-refractivity contribution in [1.29, 1.82) is 0 Å². The molecule has 0 fully saturated rings. The van der Waals surface area contributed by atoms with E-state index in [0.717, 1.165) is 29.2 Å². The second-order valence-corrected chi connectivity index (χ2v) is 6.51. The Hall–Kier alpha value is -3.60. The Bertz CT molecular complexity index is 1030. The largest absolute Gasteiger partial charge is 0.489 e. The van der Waals surface area contributed by atoms with Gasteiger partial charge in [0, 0.05) is 30.1 Å². The first-order chi connectivity index (χ1) is 13.8.